The maximum atomic E-state index is 15.4. The molecule has 1 spiro atoms. The van der Waals surface area contributed by atoms with Gasteiger partial charge in [0.2, 0.25) is 0 Å². The van der Waals surface area contributed by atoms with Crippen molar-refractivity contribution >= 4 is 73.7 Å². The van der Waals surface area contributed by atoms with E-state index in [1.807, 2.05) is 72.4 Å². The standard InChI is InChI=1S/C55H37N2OPS/c58-59(40-20-6-2-7-21-40,41-22-8-3-9-23-41)42-34-32-39(33-35-42)57-49-28-14-10-24-43(49)44-36-37-48-54(53(44)57)60-52-31-17-13-27-47(52)55(48)45-25-11-15-29-50(45)56(38-18-4-1-5-19-38)51-30-16-12-26-46(51)55/h1-37H. The van der Waals surface area contributed by atoms with Gasteiger partial charge >= 0.3 is 0 Å². The highest BCUT2D eigenvalue weighted by Crippen LogP contribution is 2.64. The molecule has 2 aliphatic heterocycles. The van der Waals surface area contributed by atoms with E-state index in [4.69, 9.17) is 0 Å². The fraction of sp³-hybridized carbons (Fsp3) is 0.0182. The van der Waals surface area contributed by atoms with Gasteiger partial charge in [0.1, 0.15) is 0 Å². The van der Waals surface area contributed by atoms with Crippen molar-refractivity contribution in [3.8, 4) is 5.69 Å². The highest BCUT2D eigenvalue weighted by atomic mass is 32.2. The predicted octanol–water partition coefficient (Wildman–Crippen LogP) is 13.1. The van der Waals surface area contributed by atoms with Gasteiger partial charge in [-0.1, -0.05) is 176 Å². The van der Waals surface area contributed by atoms with Crippen LogP contribution in [0.25, 0.3) is 27.5 Å². The minimum absolute atomic E-state index is 0.604. The number of hydrogen-bond donors (Lipinski definition) is 0. The third kappa shape index (κ3) is 4.90. The molecule has 12 rings (SSSR count). The van der Waals surface area contributed by atoms with E-state index in [-0.39, 0.29) is 0 Å². The molecule has 284 valence electrons. The van der Waals surface area contributed by atoms with Crippen LogP contribution in [0.2, 0.25) is 0 Å². The van der Waals surface area contributed by atoms with Gasteiger partial charge in [0, 0.05) is 47.9 Å². The molecule has 3 heterocycles. The molecule has 0 fully saturated rings. The van der Waals surface area contributed by atoms with Gasteiger partial charge in [-0.15, -0.1) is 0 Å². The van der Waals surface area contributed by atoms with Crippen molar-refractivity contribution in [1.29, 1.82) is 0 Å². The number of hydrogen-bond acceptors (Lipinski definition) is 3. The van der Waals surface area contributed by atoms with Crippen molar-refractivity contribution in [2.45, 2.75) is 15.2 Å². The first-order valence-corrected chi connectivity index (χ1v) is 22.9. The molecule has 3 nitrogen and oxygen atoms in total. The molecule has 10 aromatic rings. The van der Waals surface area contributed by atoms with Crippen LogP contribution in [0, 0.1) is 0 Å². The third-order valence-electron chi connectivity index (χ3n) is 12.5. The Balaban J connectivity index is 1.14. The molecular weight excluding hydrogens is 768 g/mol. The fourth-order valence-electron chi connectivity index (χ4n) is 10.0. The van der Waals surface area contributed by atoms with Crippen molar-refractivity contribution in [3.63, 3.8) is 0 Å². The first-order chi connectivity index (χ1) is 29.7. The first-order valence-electron chi connectivity index (χ1n) is 20.4. The molecule has 0 atom stereocenters. The Hall–Kier alpha value is -6.84. The average Bonchev–Trinajstić information content (AvgIpc) is 3.67. The van der Waals surface area contributed by atoms with E-state index in [2.05, 4.69) is 173 Å². The van der Waals surface area contributed by atoms with Gasteiger partial charge in [-0.2, -0.15) is 0 Å². The molecule has 1 aromatic heterocycles. The van der Waals surface area contributed by atoms with Gasteiger partial charge in [0.05, 0.1) is 27.8 Å². The summed E-state index contributed by atoms with van der Waals surface area (Å²) in [5, 5.41) is 4.88. The van der Waals surface area contributed by atoms with Crippen LogP contribution in [0.4, 0.5) is 17.1 Å². The maximum absolute atomic E-state index is 15.4. The van der Waals surface area contributed by atoms with Gasteiger partial charge in [-0.3, -0.25) is 0 Å². The zero-order valence-corrected chi connectivity index (χ0v) is 34.2. The lowest BCUT2D eigenvalue weighted by molar-refractivity contribution is 0.592. The molecule has 60 heavy (non-hydrogen) atoms. The molecule has 0 N–H and O–H groups in total. The summed E-state index contributed by atoms with van der Waals surface area (Å²) in [6.45, 7) is 0. The Kier molecular flexibility index (Phi) is 7.97. The molecular formula is C55H37N2OPS. The number of rotatable bonds is 5. The second kappa shape index (κ2) is 13.6. The summed E-state index contributed by atoms with van der Waals surface area (Å²) in [5.41, 5.74) is 11.3. The molecule has 0 radical (unpaired) electrons. The second-order valence-corrected chi connectivity index (χ2v) is 19.4. The van der Waals surface area contributed by atoms with Crippen molar-refractivity contribution in [3.05, 3.63) is 247 Å². The lowest BCUT2D eigenvalue weighted by atomic mass is 9.62. The number of para-hydroxylation sites is 4. The van der Waals surface area contributed by atoms with Crippen LogP contribution in [0.1, 0.15) is 22.3 Å². The summed E-state index contributed by atoms with van der Waals surface area (Å²) in [7, 11) is -3.15. The van der Waals surface area contributed by atoms with Crippen LogP contribution in [0.15, 0.2) is 234 Å². The van der Waals surface area contributed by atoms with Crippen LogP contribution in [0.3, 0.4) is 0 Å². The molecule has 0 unspecified atom stereocenters. The Morgan fingerprint density at radius 2 is 0.917 bits per heavy atom. The monoisotopic (exact) mass is 804 g/mol. The average molecular weight is 805 g/mol. The lowest BCUT2D eigenvalue weighted by Gasteiger charge is -2.49. The van der Waals surface area contributed by atoms with E-state index in [9.17, 15) is 0 Å². The van der Waals surface area contributed by atoms with E-state index in [1.54, 1.807) is 0 Å². The molecule has 0 amide bonds. The van der Waals surface area contributed by atoms with Gasteiger partial charge in [-0.25, -0.2) is 0 Å². The number of benzene rings is 9. The SMILES string of the molecule is O=P(c1ccccc1)(c1ccccc1)c1ccc(-n2c3ccccc3c3ccc4c(c32)Sc2ccccc2C42c3ccccc3N(c3ccccc3)c3ccccc32)cc1. The number of aromatic nitrogens is 1. The van der Waals surface area contributed by atoms with Crippen molar-refractivity contribution < 1.29 is 4.57 Å². The van der Waals surface area contributed by atoms with E-state index in [0.717, 1.165) is 32.8 Å². The Morgan fingerprint density at radius 1 is 0.400 bits per heavy atom. The summed E-state index contributed by atoms with van der Waals surface area (Å²) in [6.07, 6.45) is 0. The third-order valence-corrected chi connectivity index (χ3v) is 16.8. The number of fused-ring (bicyclic) bond motifs is 12. The van der Waals surface area contributed by atoms with Crippen LogP contribution in [-0.2, 0) is 9.98 Å². The zero-order chi connectivity index (χ0) is 39.8. The largest absolute Gasteiger partial charge is 0.310 e. The molecule has 0 bridgehead atoms. The molecule has 0 saturated heterocycles. The Bertz CT molecular complexity index is 3230. The smallest absolute Gasteiger partial charge is 0.171 e. The lowest BCUT2D eigenvalue weighted by Crippen LogP contribution is -2.39. The summed E-state index contributed by atoms with van der Waals surface area (Å²) in [5.74, 6) is 0. The second-order valence-electron chi connectivity index (χ2n) is 15.5. The van der Waals surface area contributed by atoms with Crippen LogP contribution < -0.4 is 20.8 Å². The van der Waals surface area contributed by atoms with Crippen LogP contribution in [0.5, 0.6) is 0 Å². The van der Waals surface area contributed by atoms with Crippen molar-refractivity contribution in [2.24, 2.45) is 0 Å². The number of anilines is 3. The van der Waals surface area contributed by atoms with E-state index in [0.29, 0.717) is 0 Å². The Labute approximate surface area is 353 Å². The highest BCUT2D eigenvalue weighted by Gasteiger charge is 2.51. The summed E-state index contributed by atoms with van der Waals surface area (Å²) < 4.78 is 17.9. The van der Waals surface area contributed by atoms with Gasteiger partial charge in [0.15, 0.2) is 7.14 Å². The summed E-state index contributed by atoms with van der Waals surface area (Å²) in [6, 6.07) is 79.6. The fourth-order valence-corrected chi connectivity index (χ4v) is 14.0. The first kappa shape index (κ1) is 35.1. The minimum Gasteiger partial charge on any atom is -0.310 e. The van der Waals surface area contributed by atoms with Crippen LogP contribution in [-0.4, -0.2) is 4.57 Å². The summed E-state index contributed by atoms with van der Waals surface area (Å²) >= 11 is 1.87. The highest BCUT2D eigenvalue weighted by molar-refractivity contribution is 7.99. The number of nitrogens with zero attached hydrogens (tertiary/aromatic N) is 2. The van der Waals surface area contributed by atoms with Gasteiger partial charge in [-0.05, 0) is 82.9 Å². The molecule has 0 saturated carbocycles. The molecule has 0 aliphatic carbocycles. The minimum atomic E-state index is -3.15. The van der Waals surface area contributed by atoms with Gasteiger partial charge < -0.3 is 14.0 Å². The normalized spacial score (nSPS) is 13.8. The van der Waals surface area contributed by atoms with Crippen molar-refractivity contribution in [1.82, 2.24) is 4.57 Å². The van der Waals surface area contributed by atoms with E-state index < -0.39 is 12.6 Å². The molecule has 5 heteroatoms. The molecule has 2 aliphatic rings. The topological polar surface area (TPSA) is 25.2 Å². The zero-order valence-electron chi connectivity index (χ0n) is 32.5. The quantitative estimate of drug-likeness (QED) is 0.162. The Morgan fingerprint density at radius 3 is 1.57 bits per heavy atom. The van der Waals surface area contributed by atoms with Crippen LogP contribution >= 0.6 is 18.9 Å². The summed E-state index contributed by atoms with van der Waals surface area (Å²) in [4.78, 5) is 4.92. The maximum Gasteiger partial charge on any atom is 0.171 e. The predicted molar refractivity (Wildman–Crippen MR) is 251 cm³/mol. The molecule has 9 aromatic carbocycles. The van der Waals surface area contributed by atoms with E-state index >= 15 is 4.57 Å². The van der Waals surface area contributed by atoms with E-state index in [1.165, 1.54) is 59.7 Å². The van der Waals surface area contributed by atoms with Crippen molar-refractivity contribution in [2.75, 3.05) is 4.90 Å². The van der Waals surface area contributed by atoms with Gasteiger partial charge in [0.25, 0.3) is 0 Å².